The molecule has 7 heterocycles. The molecule has 510 valence electrons. The van der Waals surface area contributed by atoms with Crippen LogP contribution >= 0.6 is 0 Å². The van der Waals surface area contributed by atoms with Crippen LogP contribution < -0.4 is 0 Å². The number of fused-ring (bicyclic) bond motifs is 20. The number of hydrogen-bond donors (Lipinski definition) is 0. The molecule has 9 nitrogen and oxygen atoms in total. The van der Waals surface area contributed by atoms with Gasteiger partial charge in [-0.3, -0.25) is 0 Å². The van der Waals surface area contributed by atoms with Crippen molar-refractivity contribution in [3.8, 4) is 84.6 Å². The van der Waals surface area contributed by atoms with E-state index in [1.807, 2.05) is 36.4 Å². The summed E-state index contributed by atoms with van der Waals surface area (Å²) in [5.41, 5.74) is 24.3. The molecule has 0 bridgehead atoms. The molecule has 17 aromatic carbocycles. The Kier molecular flexibility index (Phi) is 12.8. The molecular formula is C101H58N6O3. The Bertz CT molecular complexity index is 7740. The largest absolute Gasteiger partial charge is 0.456 e. The van der Waals surface area contributed by atoms with Gasteiger partial charge in [-0.25, -0.2) is 15.0 Å². The lowest BCUT2D eigenvalue weighted by molar-refractivity contribution is 0.668. The summed E-state index contributed by atoms with van der Waals surface area (Å²) >= 11 is 0. The zero-order valence-corrected chi connectivity index (χ0v) is 58.9. The van der Waals surface area contributed by atoms with Crippen molar-refractivity contribution in [2.45, 2.75) is 0 Å². The Labute approximate surface area is 627 Å². The third kappa shape index (κ3) is 9.31. The predicted octanol–water partition coefficient (Wildman–Crippen LogP) is 27.2. The van der Waals surface area contributed by atoms with Crippen LogP contribution in [0.15, 0.2) is 365 Å². The second-order valence-corrected chi connectivity index (χ2v) is 29.0. The number of para-hydroxylation sites is 6. The molecule has 7 aromatic heterocycles. The summed E-state index contributed by atoms with van der Waals surface area (Å²) in [6.45, 7) is 0. The Balaban J connectivity index is 0.630. The highest BCUT2D eigenvalue weighted by molar-refractivity contribution is 6.15. The maximum absolute atomic E-state index is 6.42. The molecular weight excluding hydrogens is 1350 g/mol. The normalized spacial score (nSPS) is 12.2. The van der Waals surface area contributed by atoms with Gasteiger partial charge in [-0.05, 0) is 194 Å². The minimum atomic E-state index is 0.560. The van der Waals surface area contributed by atoms with Crippen molar-refractivity contribution in [2.24, 2.45) is 0 Å². The number of benzene rings is 17. The highest BCUT2D eigenvalue weighted by atomic mass is 16.3. The van der Waals surface area contributed by atoms with E-state index in [1.165, 1.54) is 26.9 Å². The van der Waals surface area contributed by atoms with Crippen LogP contribution in [0.2, 0.25) is 0 Å². The maximum atomic E-state index is 6.42. The molecule has 0 fully saturated rings. The molecule has 0 N–H and O–H groups in total. The molecule has 110 heavy (non-hydrogen) atoms. The number of hydrogen-bond acceptors (Lipinski definition) is 6. The van der Waals surface area contributed by atoms with E-state index >= 15 is 0 Å². The van der Waals surface area contributed by atoms with Crippen LogP contribution in [-0.2, 0) is 0 Å². The molecule has 0 amide bonds. The van der Waals surface area contributed by atoms with Gasteiger partial charge in [0.1, 0.15) is 33.5 Å². The highest BCUT2D eigenvalue weighted by Crippen LogP contribution is 2.44. The Morgan fingerprint density at radius 2 is 0.436 bits per heavy atom. The molecule has 0 aliphatic rings. The van der Waals surface area contributed by atoms with Crippen LogP contribution in [0.5, 0.6) is 0 Å². The first-order valence-corrected chi connectivity index (χ1v) is 37.2. The fourth-order valence-corrected chi connectivity index (χ4v) is 17.6. The first-order valence-electron chi connectivity index (χ1n) is 37.2. The van der Waals surface area contributed by atoms with Gasteiger partial charge in [-0.1, -0.05) is 212 Å². The van der Waals surface area contributed by atoms with E-state index in [-0.39, 0.29) is 0 Å². The number of aromatic nitrogens is 6. The molecule has 0 aliphatic heterocycles. The number of rotatable bonds is 9. The smallest absolute Gasteiger partial charge is 0.164 e. The summed E-state index contributed by atoms with van der Waals surface area (Å²) in [4.78, 5) is 16.4. The van der Waals surface area contributed by atoms with E-state index in [0.717, 1.165) is 193 Å². The van der Waals surface area contributed by atoms with Crippen LogP contribution in [-0.4, -0.2) is 28.7 Å². The van der Waals surface area contributed by atoms with E-state index < -0.39 is 0 Å². The summed E-state index contributed by atoms with van der Waals surface area (Å²) < 4.78 is 26.4. The SMILES string of the molecule is c1cc(-c2nc(-c3ccc4cc(-n5c6ccccc6c6ccc(-c7ccc8c(c7)oc7ccccc78)cc65)ccc4c3)nc(-c3ccc4cc(-n5c6ccccc6c6ccc(-c7ccc8c(c7)oc7ccccc78)cc65)ccc4c3)n2)cc(-n2c3ccccc3c3ccc(-c4ccc5c(c4)oc4ccccc45)cc32)c1. The molecule has 0 atom stereocenters. The van der Waals surface area contributed by atoms with Crippen molar-refractivity contribution >= 4 is 153 Å². The standard InChI is InChI=1S/C101H58N6O3/c1-7-22-87-75(16-1)78-42-34-63(66-37-45-84-81-19-4-10-25-93(81)108-96(84)56-66)53-90(78)105(87)72-15-13-14-69(52-72)99-102-100(70-30-28-61-50-73(40-32-59(61)48-70)106-88-23-8-2-17-76(88)79-43-35-64(54-91(79)106)67-38-46-85-82-20-5-11-26-94(82)109-97(85)57-67)104-101(103-99)71-31-29-62-51-74(41-33-60(62)49-71)107-89-24-9-3-18-77(89)80-44-36-65(55-92(80)107)68-39-47-86-83-21-6-12-27-95(83)110-98(86)58-68/h1-58H. The summed E-state index contributed by atoms with van der Waals surface area (Å²) in [5, 5.41) is 18.1. The van der Waals surface area contributed by atoms with Crippen LogP contribution in [0, 0.1) is 0 Å². The monoisotopic (exact) mass is 1400 g/mol. The molecule has 24 aromatic rings. The summed E-state index contributed by atoms with van der Waals surface area (Å²) in [6, 6.07) is 126. The van der Waals surface area contributed by atoms with E-state index in [2.05, 4.69) is 329 Å². The molecule has 0 spiro atoms. The van der Waals surface area contributed by atoms with Gasteiger partial charge in [0.2, 0.25) is 0 Å². The van der Waals surface area contributed by atoms with Crippen LogP contribution in [0.25, 0.3) is 237 Å². The quantitative estimate of drug-likeness (QED) is 0.143. The summed E-state index contributed by atoms with van der Waals surface area (Å²) in [6.07, 6.45) is 0. The van der Waals surface area contributed by atoms with Crippen molar-refractivity contribution in [1.29, 1.82) is 0 Å². The van der Waals surface area contributed by atoms with E-state index in [1.54, 1.807) is 0 Å². The van der Waals surface area contributed by atoms with Gasteiger partial charge in [0.15, 0.2) is 17.5 Å². The second-order valence-electron chi connectivity index (χ2n) is 29.0. The Morgan fingerprint density at radius 3 is 0.818 bits per heavy atom. The van der Waals surface area contributed by atoms with Crippen LogP contribution in [0.4, 0.5) is 0 Å². The van der Waals surface area contributed by atoms with Gasteiger partial charge >= 0.3 is 0 Å². The van der Waals surface area contributed by atoms with Crippen molar-refractivity contribution in [3.63, 3.8) is 0 Å². The predicted molar refractivity (Wildman–Crippen MR) is 452 cm³/mol. The highest BCUT2D eigenvalue weighted by Gasteiger charge is 2.22. The zero-order chi connectivity index (χ0) is 71.8. The molecule has 24 rings (SSSR count). The molecule has 9 heteroatoms. The van der Waals surface area contributed by atoms with Gasteiger partial charge in [-0.2, -0.15) is 0 Å². The third-order valence-electron chi connectivity index (χ3n) is 22.8. The van der Waals surface area contributed by atoms with Crippen molar-refractivity contribution in [1.82, 2.24) is 28.7 Å². The fraction of sp³-hybridized carbons (Fsp3) is 0. The lowest BCUT2D eigenvalue weighted by Crippen LogP contribution is -2.01. The van der Waals surface area contributed by atoms with Crippen molar-refractivity contribution in [3.05, 3.63) is 352 Å². The lowest BCUT2D eigenvalue weighted by atomic mass is 10.0. The number of furan rings is 3. The van der Waals surface area contributed by atoms with Gasteiger partial charge in [-0.15, -0.1) is 0 Å². The summed E-state index contributed by atoms with van der Waals surface area (Å²) in [5.74, 6) is 1.70. The first kappa shape index (κ1) is 60.3. The maximum Gasteiger partial charge on any atom is 0.164 e. The zero-order valence-electron chi connectivity index (χ0n) is 58.9. The fourth-order valence-electron chi connectivity index (χ4n) is 17.6. The third-order valence-corrected chi connectivity index (χ3v) is 22.8. The van der Waals surface area contributed by atoms with Gasteiger partial charge in [0.25, 0.3) is 0 Å². The van der Waals surface area contributed by atoms with Crippen LogP contribution in [0.1, 0.15) is 0 Å². The molecule has 0 aliphatic carbocycles. The topological polar surface area (TPSA) is 92.9 Å². The lowest BCUT2D eigenvalue weighted by Gasteiger charge is -2.13. The van der Waals surface area contributed by atoms with Crippen molar-refractivity contribution in [2.75, 3.05) is 0 Å². The molecule has 0 saturated heterocycles. The van der Waals surface area contributed by atoms with Crippen molar-refractivity contribution < 1.29 is 13.3 Å². The molecule has 0 radical (unpaired) electrons. The van der Waals surface area contributed by atoms with Crippen LogP contribution in [0.3, 0.4) is 0 Å². The summed E-state index contributed by atoms with van der Waals surface area (Å²) in [7, 11) is 0. The average Bonchev–Trinajstić information content (AvgIpc) is 1.58. The average molecular weight is 1400 g/mol. The van der Waals surface area contributed by atoms with E-state index in [4.69, 9.17) is 28.2 Å². The first-order chi connectivity index (χ1) is 54.4. The van der Waals surface area contributed by atoms with Gasteiger partial charge in [0.05, 0.1) is 33.1 Å². The number of nitrogens with zero attached hydrogens (tertiary/aromatic N) is 6. The van der Waals surface area contributed by atoms with Gasteiger partial charge in [0, 0.05) is 98.4 Å². The Hall–Kier alpha value is -14.9. The molecule has 0 saturated carbocycles. The minimum absolute atomic E-state index is 0.560. The van der Waals surface area contributed by atoms with E-state index in [9.17, 15) is 0 Å². The van der Waals surface area contributed by atoms with Gasteiger partial charge < -0.3 is 27.0 Å². The minimum Gasteiger partial charge on any atom is -0.456 e. The second kappa shape index (κ2) is 23.3. The Morgan fingerprint density at radius 1 is 0.164 bits per heavy atom. The van der Waals surface area contributed by atoms with E-state index in [0.29, 0.717) is 17.5 Å². The molecule has 0 unspecified atom stereocenters.